The van der Waals surface area contributed by atoms with Gasteiger partial charge in [-0.3, -0.25) is 9.78 Å². The number of benzene rings is 1. The molecule has 1 aliphatic heterocycles. The molecule has 6 heteroatoms. The van der Waals surface area contributed by atoms with Crippen LogP contribution in [0.2, 0.25) is 0 Å². The molecule has 3 heterocycles. The van der Waals surface area contributed by atoms with Gasteiger partial charge in [-0.15, -0.1) is 0 Å². The van der Waals surface area contributed by atoms with E-state index in [1.807, 2.05) is 0 Å². The average Bonchev–Trinajstić information content (AvgIpc) is 3.12. The molecule has 2 N–H and O–H groups in total. The Balaban J connectivity index is 1.51. The van der Waals surface area contributed by atoms with E-state index in [4.69, 9.17) is 0 Å². The summed E-state index contributed by atoms with van der Waals surface area (Å²) in [6.45, 7) is 7.54. The van der Waals surface area contributed by atoms with Crippen molar-refractivity contribution >= 4 is 22.6 Å². The topological polar surface area (TPSA) is 73.9 Å². The summed E-state index contributed by atoms with van der Waals surface area (Å²) in [5.41, 5.74) is 5.43. The van der Waals surface area contributed by atoms with Crippen molar-refractivity contribution in [1.29, 1.82) is 0 Å². The van der Waals surface area contributed by atoms with Crippen LogP contribution in [0.25, 0.3) is 10.9 Å². The molecule has 1 unspecified atom stereocenters. The SMILES string of the molecule is CN1CC(C(=O)Nc2cnccn2)C[C@@H]2c3cc(C(C)(C)C)cc4[nH]cc(c34)C[C@H]21. The number of likely N-dealkylation sites (N-methyl/N-ethyl adjacent to an activating group) is 1. The molecule has 1 fully saturated rings. The first-order chi connectivity index (χ1) is 14.3. The maximum absolute atomic E-state index is 13.0. The van der Waals surface area contributed by atoms with E-state index in [2.05, 4.69) is 71.3 Å². The van der Waals surface area contributed by atoms with Gasteiger partial charge in [0, 0.05) is 48.0 Å². The third-order valence-electron chi connectivity index (χ3n) is 6.85. The van der Waals surface area contributed by atoms with E-state index in [0.29, 0.717) is 17.8 Å². The quantitative estimate of drug-likeness (QED) is 0.682. The third kappa shape index (κ3) is 3.19. The lowest BCUT2D eigenvalue weighted by Crippen LogP contribution is -2.50. The number of H-pyrrole nitrogens is 1. The molecule has 1 aliphatic carbocycles. The van der Waals surface area contributed by atoms with Gasteiger partial charge < -0.3 is 15.2 Å². The molecule has 0 saturated carbocycles. The Bertz CT molecular complexity index is 1100. The van der Waals surface area contributed by atoms with E-state index in [1.54, 1.807) is 18.6 Å². The molecular weight excluding hydrogens is 374 g/mol. The number of carbonyl (C=O) groups excluding carboxylic acids is 1. The van der Waals surface area contributed by atoms with Crippen LogP contribution < -0.4 is 5.32 Å². The zero-order valence-electron chi connectivity index (χ0n) is 18.1. The van der Waals surface area contributed by atoms with E-state index < -0.39 is 0 Å². The summed E-state index contributed by atoms with van der Waals surface area (Å²) in [5, 5.41) is 4.33. The minimum absolute atomic E-state index is 0.0314. The predicted molar refractivity (Wildman–Crippen MR) is 119 cm³/mol. The highest BCUT2D eigenvalue weighted by Gasteiger charge is 2.42. The number of aromatic amines is 1. The van der Waals surface area contributed by atoms with Crippen molar-refractivity contribution in [3.05, 3.63) is 53.6 Å². The van der Waals surface area contributed by atoms with Crippen molar-refractivity contribution in [2.45, 2.75) is 51.0 Å². The number of hydrogen-bond acceptors (Lipinski definition) is 4. The number of carbonyl (C=O) groups is 1. The zero-order valence-corrected chi connectivity index (χ0v) is 18.1. The second kappa shape index (κ2) is 6.91. The number of nitrogens with one attached hydrogen (secondary N) is 2. The minimum atomic E-state index is -0.0768. The molecule has 5 rings (SSSR count). The van der Waals surface area contributed by atoms with Gasteiger partial charge in [0.15, 0.2) is 5.82 Å². The molecule has 2 aromatic heterocycles. The summed E-state index contributed by atoms with van der Waals surface area (Å²) in [6.07, 6.45) is 8.87. The third-order valence-corrected chi connectivity index (χ3v) is 6.85. The smallest absolute Gasteiger partial charge is 0.229 e. The first-order valence-electron chi connectivity index (χ1n) is 10.7. The molecule has 3 atom stereocenters. The summed E-state index contributed by atoms with van der Waals surface area (Å²) in [5.74, 6) is 0.811. The lowest BCUT2D eigenvalue weighted by molar-refractivity contribution is -0.122. The van der Waals surface area contributed by atoms with Crippen molar-refractivity contribution in [3.63, 3.8) is 0 Å². The molecule has 0 bridgehead atoms. The number of fused-ring (bicyclic) bond motifs is 2. The van der Waals surface area contributed by atoms with E-state index >= 15 is 0 Å². The van der Waals surface area contributed by atoms with Gasteiger partial charge in [0.2, 0.25) is 5.91 Å². The van der Waals surface area contributed by atoms with Gasteiger partial charge in [-0.05, 0) is 48.1 Å². The lowest BCUT2D eigenvalue weighted by atomic mass is 9.71. The molecule has 0 radical (unpaired) electrons. The van der Waals surface area contributed by atoms with Gasteiger partial charge in [-0.25, -0.2) is 4.98 Å². The van der Waals surface area contributed by atoms with Gasteiger partial charge in [-0.1, -0.05) is 26.8 Å². The molecule has 1 saturated heterocycles. The largest absolute Gasteiger partial charge is 0.361 e. The fourth-order valence-corrected chi connectivity index (χ4v) is 5.23. The first kappa shape index (κ1) is 19.2. The van der Waals surface area contributed by atoms with Crippen LogP contribution in [0.5, 0.6) is 0 Å². The molecular formula is C24H29N5O. The second-order valence-corrected chi connectivity index (χ2v) is 9.88. The number of nitrogens with zero attached hydrogens (tertiary/aromatic N) is 3. The van der Waals surface area contributed by atoms with Crippen LogP contribution in [0.3, 0.4) is 0 Å². The molecule has 1 aromatic carbocycles. The van der Waals surface area contributed by atoms with E-state index in [-0.39, 0.29) is 17.2 Å². The Morgan fingerprint density at radius 1 is 1.27 bits per heavy atom. The molecule has 2 aliphatic rings. The standard InChI is InChI=1S/C24H29N5O/c1-24(2,3)16-9-18-17-7-15(23(30)28-21-12-25-5-6-26-21)13-29(4)20(17)8-14-11-27-19(10-16)22(14)18/h5-6,9-12,15,17,20,27H,7-8,13H2,1-4H3,(H,26,28,30)/t15?,17-,20-/m1/s1. The van der Waals surface area contributed by atoms with Crippen molar-refractivity contribution in [1.82, 2.24) is 19.9 Å². The highest BCUT2D eigenvalue weighted by molar-refractivity contribution is 5.93. The number of anilines is 1. The molecule has 6 nitrogen and oxygen atoms in total. The number of likely N-dealkylation sites (tertiary alicyclic amines) is 1. The molecule has 1 amide bonds. The monoisotopic (exact) mass is 403 g/mol. The molecule has 156 valence electrons. The van der Waals surface area contributed by atoms with E-state index in [0.717, 1.165) is 19.4 Å². The van der Waals surface area contributed by atoms with Crippen molar-refractivity contribution in [2.24, 2.45) is 5.92 Å². The van der Waals surface area contributed by atoms with Gasteiger partial charge >= 0.3 is 0 Å². The lowest BCUT2D eigenvalue weighted by Gasteiger charge is -2.45. The van der Waals surface area contributed by atoms with Crippen LogP contribution in [-0.2, 0) is 16.6 Å². The highest BCUT2D eigenvalue weighted by Crippen LogP contribution is 2.46. The predicted octanol–water partition coefficient (Wildman–Crippen LogP) is 3.85. The van der Waals surface area contributed by atoms with Crippen molar-refractivity contribution < 1.29 is 4.79 Å². The fourth-order valence-electron chi connectivity index (χ4n) is 5.23. The molecule has 3 aromatic rings. The number of aromatic nitrogens is 3. The summed E-state index contributed by atoms with van der Waals surface area (Å²) in [6, 6.07) is 5.12. The Labute approximate surface area is 177 Å². The van der Waals surface area contributed by atoms with Gasteiger partial charge in [0.25, 0.3) is 0 Å². The number of piperidine rings is 1. The van der Waals surface area contributed by atoms with Crippen LogP contribution in [0, 0.1) is 5.92 Å². The van der Waals surface area contributed by atoms with Crippen LogP contribution in [0.15, 0.2) is 36.9 Å². The fraction of sp³-hybridized carbons (Fsp3) is 0.458. The summed E-state index contributed by atoms with van der Waals surface area (Å²) in [4.78, 5) is 27.2. The Morgan fingerprint density at radius 2 is 2.10 bits per heavy atom. The van der Waals surface area contributed by atoms with Crippen molar-refractivity contribution in [3.8, 4) is 0 Å². The number of rotatable bonds is 2. The number of amides is 1. The highest BCUT2D eigenvalue weighted by atomic mass is 16.2. The Kier molecular flexibility index (Phi) is 4.43. The van der Waals surface area contributed by atoms with Crippen LogP contribution in [0.4, 0.5) is 5.82 Å². The molecule has 0 spiro atoms. The normalized spacial score (nSPS) is 23.9. The summed E-state index contributed by atoms with van der Waals surface area (Å²) in [7, 11) is 2.15. The maximum atomic E-state index is 13.0. The van der Waals surface area contributed by atoms with E-state index in [9.17, 15) is 4.79 Å². The van der Waals surface area contributed by atoms with Crippen LogP contribution in [0.1, 0.15) is 49.8 Å². The van der Waals surface area contributed by atoms with Gasteiger partial charge in [-0.2, -0.15) is 0 Å². The summed E-state index contributed by atoms with van der Waals surface area (Å²) < 4.78 is 0. The zero-order chi connectivity index (χ0) is 21.0. The minimum Gasteiger partial charge on any atom is -0.361 e. The average molecular weight is 404 g/mol. The maximum Gasteiger partial charge on any atom is 0.229 e. The Hall–Kier alpha value is -2.73. The van der Waals surface area contributed by atoms with E-state index in [1.165, 1.54) is 27.6 Å². The Morgan fingerprint density at radius 3 is 2.83 bits per heavy atom. The van der Waals surface area contributed by atoms with Gasteiger partial charge in [0.05, 0.1) is 12.1 Å². The van der Waals surface area contributed by atoms with Crippen LogP contribution >= 0.6 is 0 Å². The molecule has 30 heavy (non-hydrogen) atoms. The van der Waals surface area contributed by atoms with Gasteiger partial charge in [0.1, 0.15) is 0 Å². The van der Waals surface area contributed by atoms with Crippen LogP contribution in [-0.4, -0.2) is 45.4 Å². The summed E-state index contributed by atoms with van der Waals surface area (Å²) >= 11 is 0. The first-order valence-corrected chi connectivity index (χ1v) is 10.7. The second-order valence-electron chi connectivity index (χ2n) is 9.88. The number of hydrogen-bond donors (Lipinski definition) is 2. The van der Waals surface area contributed by atoms with Crippen molar-refractivity contribution in [2.75, 3.05) is 18.9 Å².